The number of amides is 2. The van der Waals surface area contributed by atoms with E-state index < -0.39 is 12.1 Å². The fourth-order valence-corrected chi connectivity index (χ4v) is 5.19. The monoisotopic (exact) mass is 490 g/mol. The Bertz CT molecular complexity index is 1100. The van der Waals surface area contributed by atoms with Crippen LogP contribution >= 0.6 is 11.8 Å². The van der Waals surface area contributed by atoms with Gasteiger partial charge in [0.1, 0.15) is 6.04 Å². The Hall–Kier alpha value is -3.25. The molecule has 0 bridgehead atoms. The van der Waals surface area contributed by atoms with Crippen molar-refractivity contribution < 1.29 is 14.7 Å². The van der Waals surface area contributed by atoms with Crippen LogP contribution in [0.15, 0.2) is 89.8 Å². The summed E-state index contributed by atoms with van der Waals surface area (Å²) in [5, 5.41) is 12.9. The molecule has 0 fully saturated rings. The van der Waals surface area contributed by atoms with Gasteiger partial charge in [-0.3, -0.25) is 9.69 Å². The van der Waals surface area contributed by atoms with Gasteiger partial charge in [-0.05, 0) is 47.7 Å². The van der Waals surface area contributed by atoms with E-state index in [4.69, 9.17) is 0 Å². The predicted octanol–water partition coefficient (Wildman–Crippen LogP) is 7.12. The molecule has 3 aromatic carbocycles. The van der Waals surface area contributed by atoms with Crippen LogP contribution in [0.25, 0.3) is 0 Å². The maximum atomic E-state index is 13.7. The first kappa shape index (κ1) is 26.4. The molecule has 0 spiro atoms. The quantitative estimate of drug-likeness (QED) is 0.313. The molecule has 1 unspecified atom stereocenters. The standard InChI is InChI=1S/C29H34N2O3S/c1-5-31(28(33)34)26(25(29(2,3)4)22-14-10-7-11-15-22)27(32)30-23-16-18-24(19-17-23)35-20-21-12-8-6-9-13-21/h6-19,25-26H,5,20H2,1-4H3,(H,30,32)(H,33,34)/t25-,26?/m0/s1. The van der Waals surface area contributed by atoms with Gasteiger partial charge in [-0.1, -0.05) is 81.4 Å². The summed E-state index contributed by atoms with van der Waals surface area (Å²) in [6.07, 6.45) is -1.11. The van der Waals surface area contributed by atoms with Crippen LogP contribution in [0, 0.1) is 5.41 Å². The zero-order chi connectivity index (χ0) is 25.4. The van der Waals surface area contributed by atoms with Crippen LogP contribution in [0.3, 0.4) is 0 Å². The molecule has 184 valence electrons. The number of rotatable bonds is 9. The Morgan fingerprint density at radius 1 is 0.914 bits per heavy atom. The van der Waals surface area contributed by atoms with Gasteiger partial charge in [0.25, 0.3) is 0 Å². The van der Waals surface area contributed by atoms with Crippen LogP contribution in [0.1, 0.15) is 44.7 Å². The highest BCUT2D eigenvalue weighted by molar-refractivity contribution is 7.98. The highest BCUT2D eigenvalue weighted by Gasteiger charge is 2.42. The van der Waals surface area contributed by atoms with Gasteiger partial charge >= 0.3 is 6.09 Å². The van der Waals surface area contributed by atoms with E-state index in [1.54, 1.807) is 18.7 Å². The lowest BCUT2D eigenvalue weighted by atomic mass is 9.71. The van der Waals surface area contributed by atoms with E-state index in [2.05, 4.69) is 17.4 Å². The molecule has 3 aromatic rings. The summed E-state index contributed by atoms with van der Waals surface area (Å²) in [7, 11) is 0. The number of carboxylic acid groups (broad SMARTS) is 1. The summed E-state index contributed by atoms with van der Waals surface area (Å²) in [5.74, 6) is 0.200. The first-order valence-corrected chi connectivity index (χ1v) is 12.8. The largest absolute Gasteiger partial charge is 0.465 e. The Labute approximate surface area is 212 Å². The van der Waals surface area contributed by atoms with Crippen molar-refractivity contribution in [1.29, 1.82) is 0 Å². The van der Waals surface area contributed by atoms with Crippen molar-refractivity contribution in [3.63, 3.8) is 0 Å². The molecule has 0 saturated carbocycles. The second-order valence-electron chi connectivity index (χ2n) is 9.56. The van der Waals surface area contributed by atoms with E-state index in [1.165, 1.54) is 10.5 Å². The number of hydrogen-bond acceptors (Lipinski definition) is 3. The fourth-order valence-electron chi connectivity index (χ4n) is 4.33. The number of nitrogens with one attached hydrogen (secondary N) is 1. The van der Waals surface area contributed by atoms with Crippen LogP contribution < -0.4 is 5.32 Å². The number of hydrogen-bond donors (Lipinski definition) is 2. The van der Waals surface area contributed by atoms with Gasteiger partial charge in [0.15, 0.2) is 0 Å². The molecule has 0 aliphatic heterocycles. The summed E-state index contributed by atoms with van der Waals surface area (Å²) in [6.45, 7) is 8.10. The molecule has 6 heteroatoms. The molecule has 0 saturated heterocycles. The molecular weight excluding hydrogens is 456 g/mol. The summed E-state index contributed by atoms with van der Waals surface area (Å²) < 4.78 is 0. The molecule has 2 atom stereocenters. The Balaban J connectivity index is 1.83. The number of carbonyl (C=O) groups excluding carboxylic acids is 1. The number of thioether (sulfide) groups is 1. The number of anilines is 1. The molecule has 2 N–H and O–H groups in total. The average Bonchev–Trinajstić information content (AvgIpc) is 2.83. The molecule has 0 aliphatic carbocycles. The number of carbonyl (C=O) groups is 2. The van der Waals surface area contributed by atoms with Crippen LogP contribution in [-0.4, -0.2) is 34.6 Å². The van der Waals surface area contributed by atoms with Gasteiger partial charge in [-0.2, -0.15) is 0 Å². The molecule has 35 heavy (non-hydrogen) atoms. The van der Waals surface area contributed by atoms with E-state index in [0.29, 0.717) is 5.69 Å². The molecule has 3 rings (SSSR count). The average molecular weight is 491 g/mol. The van der Waals surface area contributed by atoms with Crippen molar-refractivity contribution in [1.82, 2.24) is 4.90 Å². The molecular formula is C29H34N2O3S. The molecule has 0 radical (unpaired) electrons. The third-order valence-electron chi connectivity index (χ3n) is 5.97. The zero-order valence-electron chi connectivity index (χ0n) is 20.8. The lowest BCUT2D eigenvalue weighted by Gasteiger charge is -2.41. The van der Waals surface area contributed by atoms with E-state index in [9.17, 15) is 14.7 Å². The maximum absolute atomic E-state index is 13.7. The van der Waals surface area contributed by atoms with Crippen molar-refractivity contribution in [2.45, 2.75) is 50.3 Å². The van der Waals surface area contributed by atoms with Gasteiger partial charge in [-0.25, -0.2) is 4.79 Å². The van der Waals surface area contributed by atoms with Crippen LogP contribution in [0.2, 0.25) is 0 Å². The molecule has 2 amide bonds. The van der Waals surface area contributed by atoms with E-state index in [-0.39, 0.29) is 23.8 Å². The van der Waals surface area contributed by atoms with E-state index in [1.807, 2.05) is 93.6 Å². The zero-order valence-corrected chi connectivity index (χ0v) is 21.6. The predicted molar refractivity (Wildman–Crippen MR) is 144 cm³/mol. The Morgan fingerprint density at radius 2 is 1.49 bits per heavy atom. The molecule has 0 aromatic heterocycles. The van der Waals surface area contributed by atoms with Gasteiger partial charge < -0.3 is 10.4 Å². The number of benzene rings is 3. The highest BCUT2D eigenvalue weighted by atomic mass is 32.2. The van der Waals surface area contributed by atoms with Crippen LogP contribution in [0.4, 0.5) is 10.5 Å². The van der Waals surface area contributed by atoms with Gasteiger partial charge in [-0.15, -0.1) is 11.8 Å². The number of nitrogens with zero attached hydrogens (tertiary/aromatic N) is 1. The van der Waals surface area contributed by atoms with Crippen LogP contribution in [0.5, 0.6) is 0 Å². The SMILES string of the molecule is CCN(C(=O)O)C(C(=O)Nc1ccc(SCc2ccccc2)cc1)[C@H](c1ccccc1)C(C)(C)C. The maximum Gasteiger partial charge on any atom is 0.407 e. The summed E-state index contributed by atoms with van der Waals surface area (Å²) in [5.41, 5.74) is 2.48. The van der Waals surface area contributed by atoms with Crippen molar-refractivity contribution in [2.75, 3.05) is 11.9 Å². The second kappa shape index (κ2) is 11.9. The van der Waals surface area contributed by atoms with Gasteiger partial charge in [0.2, 0.25) is 5.91 Å². The minimum absolute atomic E-state index is 0.210. The van der Waals surface area contributed by atoms with Crippen molar-refractivity contribution >= 4 is 29.4 Å². The van der Waals surface area contributed by atoms with Crippen molar-refractivity contribution in [3.05, 3.63) is 96.1 Å². The summed E-state index contributed by atoms with van der Waals surface area (Å²) >= 11 is 1.73. The first-order valence-electron chi connectivity index (χ1n) is 11.8. The minimum Gasteiger partial charge on any atom is -0.465 e. The molecule has 0 aliphatic rings. The van der Waals surface area contributed by atoms with E-state index >= 15 is 0 Å². The smallest absolute Gasteiger partial charge is 0.407 e. The second-order valence-corrected chi connectivity index (χ2v) is 10.6. The topological polar surface area (TPSA) is 69.6 Å². The first-order chi connectivity index (χ1) is 16.7. The highest BCUT2D eigenvalue weighted by Crippen LogP contribution is 2.40. The normalized spacial score (nSPS) is 13.0. The van der Waals surface area contributed by atoms with Crippen molar-refractivity contribution in [3.8, 4) is 0 Å². The fraction of sp³-hybridized carbons (Fsp3) is 0.310. The number of likely N-dealkylation sites (N-methyl/N-ethyl adjacent to an activating group) is 1. The lowest BCUT2D eigenvalue weighted by Crippen LogP contribution is -2.52. The van der Waals surface area contributed by atoms with Crippen molar-refractivity contribution in [2.24, 2.45) is 5.41 Å². The van der Waals surface area contributed by atoms with Gasteiger partial charge in [0.05, 0.1) is 0 Å². The van der Waals surface area contributed by atoms with Gasteiger partial charge in [0, 0.05) is 28.8 Å². The molecule has 5 nitrogen and oxygen atoms in total. The minimum atomic E-state index is -1.11. The molecule has 0 heterocycles. The Kier molecular flexibility index (Phi) is 8.99. The third-order valence-corrected chi connectivity index (χ3v) is 7.05. The lowest BCUT2D eigenvalue weighted by molar-refractivity contribution is -0.122. The van der Waals surface area contributed by atoms with Crippen LogP contribution in [-0.2, 0) is 10.5 Å². The third kappa shape index (κ3) is 7.12. The summed E-state index contributed by atoms with van der Waals surface area (Å²) in [4.78, 5) is 28.2. The van der Waals surface area contributed by atoms with E-state index in [0.717, 1.165) is 16.2 Å². The summed E-state index contributed by atoms with van der Waals surface area (Å²) in [6, 6.07) is 26.8. The Morgan fingerprint density at radius 3 is 2.00 bits per heavy atom.